The van der Waals surface area contributed by atoms with Crippen LogP contribution in [0, 0.1) is 0 Å². The lowest BCUT2D eigenvalue weighted by atomic mass is 10.0. The van der Waals surface area contributed by atoms with Crippen molar-refractivity contribution in [2.24, 2.45) is 0 Å². The highest BCUT2D eigenvalue weighted by Crippen LogP contribution is 2.21. The van der Waals surface area contributed by atoms with Gasteiger partial charge in [-0.3, -0.25) is 4.79 Å². The molecular weight excluding hydrogens is 210 g/mol. The lowest BCUT2D eigenvalue weighted by Gasteiger charge is -2.25. The SMILES string of the molecule is COC1(CNCC(=O)OC(C)C)CCOC1. The molecule has 1 atom stereocenters. The topological polar surface area (TPSA) is 56.8 Å². The minimum absolute atomic E-state index is 0.0690. The van der Waals surface area contributed by atoms with Crippen LogP contribution in [-0.4, -0.2) is 51.1 Å². The summed E-state index contributed by atoms with van der Waals surface area (Å²) in [7, 11) is 1.67. The monoisotopic (exact) mass is 231 g/mol. The highest BCUT2D eigenvalue weighted by Gasteiger charge is 2.34. The van der Waals surface area contributed by atoms with Crippen LogP contribution in [-0.2, 0) is 19.0 Å². The average molecular weight is 231 g/mol. The maximum absolute atomic E-state index is 11.3. The first-order chi connectivity index (χ1) is 7.58. The van der Waals surface area contributed by atoms with Gasteiger partial charge in [0, 0.05) is 26.7 Å². The van der Waals surface area contributed by atoms with E-state index in [1.807, 2.05) is 13.8 Å². The summed E-state index contributed by atoms with van der Waals surface area (Å²) in [5, 5.41) is 3.04. The number of ether oxygens (including phenoxy) is 3. The Labute approximate surface area is 96.4 Å². The standard InChI is InChI=1S/C11H21NO4/c1-9(2)16-10(13)6-12-7-11(14-3)4-5-15-8-11/h9,12H,4-8H2,1-3H3. The molecule has 5 heteroatoms. The van der Waals surface area contributed by atoms with Crippen LogP contribution in [0.25, 0.3) is 0 Å². The van der Waals surface area contributed by atoms with Crippen molar-refractivity contribution in [1.29, 1.82) is 0 Å². The summed E-state index contributed by atoms with van der Waals surface area (Å²) in [5.41, 5.74) is -0.280. The first kappa shape index (κ1) is 13.4. The Kier molecular flexibility index (Phi) is 5.18. The Morgan fingerprint density at radius 3 is 2.81 bits per heavy atom. The van der Waals surface area contributed by atoms with Crippen LogP contribution in [0.3, 0.4) is 0 Å². The molecule has 0 aromatic heterocycles. The van der Waals surface area contributed by atoms with Gasteiger partial charge in [0.2, 0.25) is 0 Å². The molecule has 1 aliphatic heterocycles. The van der Waals surface area contributed by atoms with Crippen LogP contribution in [0.2, 0.25) is 0 Å². The largest absolute Gasteiger partial charge is 0.462 e. The average Bonchev–Trinajstić information content (AvgIpc) is 2.66. The second-order valence-corrected chi connectivity index (χ2v) is 4.33. The van der Waals surface area contributed by atoms with Crippen LogP contribution in [0.5, 0.6) is 0 Å². The predicted octanol–water partition coefficient (Wildman–Crippen LogP) is 0.333. The smallest absolute Gasteiger partial charge is 0.320 e. The quantitative estimate of drug-likeness (QED) is 0.668. The van der Waals surface area contributed by atoms with Gasteiger partial charge >= 0.3 is 5.97 Å². The van der Waals surface area contributed by atoms with E-state index in [1.165, 1.54) is 0 Å². The van der Waals surface area contributed by atoms with Crippen molar-refractivity contribution >= 4 is 5.97 Å². The Bertz CT molecular complexity index is 224. The van der Waals surface area contributed by atoms with Crippen molar-refractivity contribution in [3.05, 3.63) is 0 Å². The second-order valence-electron chi connectivity index (χ2n) is 4.33. The number of hydrogen-bond acceptors (Lipinski definition) is 5. The fourth-order valence-electron chi connectivity index (χ4n) is 1.66. The summed E-state index contributed by atoms with van der Waals surface area (Å²) < 4.78 is 15.7. The van der Waals surface area contributed by atoms with E-state index in [4.69, 9.17) is 14.2 Å². The molecule has 0 saturated carbocycles. The first-order valence-corrected chi connectivity index (χ1v) is 5.61. The molecule has 1 saturated heterocycles. The number of rotatable bonds is 6. The molecule has 94 valence electrons. The minimum atomic E-state index is -0.280. The summed E-state index contributed by atoms with van der Waals surface area (Å²) in [5.74, 6) is -0.236. The Hall–Kier alpha value is -0.650. The summed E-state index contributed by atoms with van der Waals surface area (Å²) in [6.07, 6.45) is 0.788. The molecule has 1 N–H and O–H groups in total. The lowest BCUT2D eigenvalue weighted by Crippen LogP contribution is -2.44. The number of carbonyl (C=O) groups is 1. The maximum Gasteiger partial charge on any atom is 0.320 e. The molecule has 0 spiro atoms. The van der Waals surface area contributed by atoms with Crippen LogP contribution in [0.15, 0.2) is 0 Å². The van der Waals surface area contributed by atoms with Gasteiger partial charge in [0.25, 0.3) is 0 Å². The molecule has 0 radical (unpaired) electrons. The van der Waals surface area contributed by atoms with E-state index in [0.717, 1.165) is 6.42 Å². The zero-order chi connectivity index (χ0) is 12.0. The van der Waals surface area contributed by atoms with E-state index in [1.54, 1.807) is 7.11 Å². The third kappa shape index (κ3) is 4.08. The van der Waals surface area contributed by atoms with Crippen molar-refractivity contribution < 1.29 is 19.0 Å². The van der Waals surface area contributed by atoms with Gasteiger partial charge in [-0.15, -0.1) is 0 Å². The van der Waals surface area contributed by atoms with Gasteiger partial charge in [-0.25, -0.2) is 0 Å². The summed E-state index contributed by atoms with van der Waals surface area (Å²) in [4.78, 5) is 11.3. The summed E-state index contributed by atoms with van der Waals surface area (Å²) >= 11 is 0. The Morgan fingerprint density at radius 1 is 1.56 bits per heavy atom. The third-order valence-corrected chi connectivity index (χ3v) is 2.58. The summed E-state index contributed by atoms with van der Waals surface area (Å²) in [6, 6.07) is 0. The van der Waals surface area contributed by atoms with Crippen LogP contribution in [0.1, 0.15) is 20.3 Å². The zero-order valence-corrected chi connectivity index (χ0v) is 10.2. The van der Waals surface area contributed by atoms with Crippen LogP contribution < -0.4 is 5.32 Å². The fraction of sp³-hybridized carbons (Fsp3) is 0.909. The molecule has 16 heavy (non-hydrogen) atoms. The molecule has 0 aromatic carbocycles. The number of esters is 1. The van der Waals surface area contributed by atoms with Gasteiger partial charge in [-0.2, -0.15) is 0 Å². The number of methoxy groups -OCH3 is 1. The molecule has 0 bridgehead atoms. The van der Waals surface area contributed by atoms with Crippen LogP contribution >= 0.6 is 0 Å². The van der Waals surface area contributed by atoms with Gasteiger partial charge in [-0.1, -0.05) is 0 Å². The molecular formula is C11H21NO4. The van der Waals surface area contributed by atoms with Crippen molar-refractivity contribution in [2.45, 2.75) is 32.0 Å². The van der Waals surface area contributed by atoms with Crippen molar-refractivity contribution in [1.82, 2.24) is 5.32 Å². The number of nitrogens with one attached hydrogen (secondary N) is 1. The molecule has 0 aromatic rings. The molecule has 1 aliphatic rings. The number of hydrogen-bond donors (Lipinski definition) is 1. The molecule has 0 amide bonds. The van der Waals surface area contributed by atoms with E-state index < -0.39 is 0 Å². The molecule has 0 aliphatic carbocycles. The lowest BCUT2D eigenvalue weighted by molar-refractivity contribution is -0.146. The number of carbonyl (C=O) groups excluding carboxylic acids is 1. The van der Waals surface area contributed by atoms with Crippen molar-refractivity contribution in [3.8, 4) is 0 Å². The molecule has 5 nitrogen and oxygen atoms in total. The minimum Gasteiger partial charge on any atom is -0.462 e. The molecule has 1 heterocycles. The maximum atomic E-state index is 11.3. The van der Waals surface area contributed by atoms with Gasteiger partial charge < -0.3 is 19.5 Å². The van der Waals surface area contributed by atoms with E-state index in [-0.39, 0.29) is 24.2 Å². The van der Waals surface area contributed by atoms with Gasteiger partial charge in [-0.05, 0) is 13.8 Å². The van der Waals surface area contributed by atoms with Crippen molar-refractivity contribution in [3.63, 3.8) is 0 Å². The zero-order valence-electron chi connectivity index (χ0n) is 10.2. The second kappa shape index (κ2) is 6.18. The Balaban J connectivity index is 2.21. The van der Waals surface area contributed by atoms with E-state index in [2.05, 4.69) is 5.32 Å². The Morgan fingerprint density at radius 2 is 2.31 bits per heavy atom. The third-order valence-electron chi connectivity index (χ3n) is 2.58. The first-order valence-electron chi connectivity index (χ1n) is 5.61. The fourth-order valence-corrected chi connectivity index (χ4v) is 1.66. The van der Waals surface area contributed by atoms with Gasteiger partial charge in [0.15, 0.2) is 0 Å². The predicted molar refractivity (Wildman–Crippen MR) is 59.3 cm³/mol. The van der Waals surface area contributed by atoms with Gasteiger partial charge in [0.05, 0.1) is 19.3 Å². The van der Waals surface area contributed by atoms with Gasteiger partial charge in [0.1, 0.15) is 5.60 Å². The highest BCUT2D eigenvalue weighted by atomic mass is 16.6. The van der Waals surface area contributed by atoms with Crippen LogP contribution in [0.4, 0.5) is 0 Å². The van der Waals surface area contributed by atoms with E-state index >= 15 is 0 Å². The normalized spacial score (nSPS) is 25.0. The van der Waals surface area contributed by atoms with E-state index in [0.29, 0.717) is 19.8 Å². The molecule has 1 rings (SSSR count). The molecule has 1 fully saturated rings. The van der Waals surface area contributed by atoms with E-state index in [9.17, 15) is 4.79 Å². The highest BCUT2D eigenvalue weighted by molar-refractivity contribution is 5.71. The van der Waals surface area contributed by atoms with Crippen molar-refractivity contribution in [2.75, 3.05) is 33.4 Å². The molecule has 1 unspecified atom stereocenters. The summed E-state index contributed by atoms with van der Waals surface area (Å²) in [6.45, 7) is 5.78.